The monoisotopic (exact) mass is 411 g/mol. The van der Waals surface area contributed by atoms with Crippen molar-refractivity contribution in [2.75, 3.05) is 26.1 Å². The fraction of sp³-hybridized carbons (Fsp3) is 0.389. The Morgan fingerprint density at radius 3 is 2.54 bits per heavy atom. The van der Waals surface area contributed by atoms with Gasteiger partial charge in [0.2, 0.25) is 0 Å². The minimum Gasteiger partial charge on any atom is -0.496 e. The van der Waals surface area contributed by atoms with Gasteiger partial charge in [-0.2, -0.15) is 0 Å². The van der Waals surface area contributed by atoms with Gasteiger partial charge in [-0.25, -0.2) is 14.4 Å². The molecule has 1 heterocycles. The summed E-state index contributed by atoms with van der Waals surface area (Å²) in [5, 5.41) is 5.30. The lowest BCUT2D eigenvalue weighted by molar-refractivity contribution is -0.139. The smallest absolute Gasteiger partial charge is 0.342 e. The van der Waals surface area contributed by atoms with E-state index in [0.29, 0.717) is 6.42 Å². The highest BCUT2D eigenvalue weighted by molar-refractivity contribution is 6.33. The largest absolute Gasteiger partial charge is 0.496 e. The minimum absolute atomic E-state index is 0.0623. The van der Waals surface area contributed by atoms with Crippen LogP contribution in [0.15, 0.2) is 23.4 Å². The molecular weight excluding hydrogens is 390 g/mol. The van der Waals surface area contributed by atoms with E-state index in [1.165, 1.54) is 19.2 Å². The van der Waals surface area contributed by atoms with Gasteiger partial charge in [-0.3, -0.25) is 0 Å². The van der Waals surface area contributed by atoms with E-state index in [1.807, 2.05) is 0 Å². The quantitative estimate of drug-likeness (QED) is 0.462. The predicted octanol–water partition coefficient (Wildman–Crippen LogP) is 2.00. The number of hydrogen-bond donors (Lipinski definition) is 3. The van der Waals surface area contributed by atoms with Gasteiger partial charge in [0.25, 0.3) is 0 Å². The molecule has 0 radical (unpaired) electrons. The van der Waals surface area contributed by atoms with Crippen molar-refractivity contribution in [3.05, 3.63) is 34.0 Å². The maximum Gasteiger partial charge on any atom is 0.342 e. The van der Waals surface area contributed by atoms with Gasteiger partial charge in [-0.1, -0.05) is 18.5 Å². The number of nitrogens with one attached hydrogen (secondary N) is 2. The summed E-state index contributed by atoms with van der Waals surface area (Å²) in [5.41, 5.74) is 6.38. The maximum atomic E-state index is 12.5. The Morgan fingerprint density at radius 2 is 1.93 bits per heavy atom. The second-order valence-corrected chi connectivity index (χ2v) is 6.23. The molecule has 1 atom stereocenters. The molecule has 0 aromatic heterocycles. The van der Waals surface area contributed by atoms with Crippen LogP contribution in [0.25, 0.3) is 0 Å². The molecule has 4 N–H and O–H groups in total. The van der Waals surface area contributed by atoms with E-state index in [1.54, 1.807) is 13.8 Å². The number of nitrogen functional groups attached to an aromatic ring is 1. The molecule has 1 aromatic carbocycles. The lowest BCUT2D eigenvalue weighted by Crippen LogP contribution is -2.51. The fourth-order valence-corrected chi connectivity index (χ4v) is 2.85. The van der Waals surface area contributed by atoms with Crippen molar-refractivity contribution in [1.82, 2.24) is 10.6 Å². The molecule has 2 amide bonds. The molecule has 0 fully saturated rings. The Kier molecular flexibility index (Phi) is 7.11. The van der Waals surface area contributed by atoms with E-state index in [9.17, 15) is 14.4 Å². The van der Waals surface area contributed by atoms with E-state index in [2.05, 4.69) is 10.6 Å². The first-order valence-electron chi connectivity index (χ1n) is 8.60. The third-order valence-electron chi connectivity index (χ3n) is 4.03. The van der Waals surface area contributed by atoms with Crippen molar-refractivity contribution in [3.63, 3.8) is 0 Å². The van der Waals surface area contributed by atoms with E-state index in [4.69, 9.17) is 31.5 Å². The summed E-state index contributed by atoms with van der Waals surface area (Å²) in [6.45, 7) is 3.30. The first-order chi connectivity index (χ1) is 13.3. The van der Waals surface area contributed by atoms with Crippen LogP contribution >= 0.6 is 11.6 Å². The van der Waals surface area contributed by atoms with Gasteiger partial charge in [0.1, 0.15) is 17.9 Å². The lowest BCUT2D eigenvalue weighted by atomic mass is 10.0. The molecule has 1 aliphatic rings. The van der Waals surface area contributed by atoms with Crippen LogP contribution < -0.4 is 21.1 Å². The number of esters is 2. The highest BCUT2D eigenvalue weighted by atomic mass is 35.5. The van der Waals surface area contributed by atoms with E-state index in [0.717, 1.165) is 0 Å². The molecule has 0 unspecified atom stereocenters. The van der Waals surface area contributed by atoms with Crippen molar-refractivity contribution in [2.45, 2.75) is 26.3 Å². The van der Waals surface area contributed by atoms with Crippen LogP contribution in [-0.2, 0) is 14.3 Å². The zero-order valence-electron chi connectivity index (χ0n) is 15.8. The Balaban J connectivity index is 2.29. The number of nitrogens with two attached hydrogens (primary N) is 1. The summed E-state index contributed by atoms with van der Waals surface area (Å²) in [5.74, 6) is -1.16. The van der Waals surface area contributed by atoms with Gasteiger partial charge in [0, 0.05) is 6.07 Å². The van der Waals surface area contributed by atoms with Gasteiger partial charge in [-0.05, 0) is 19.4 Å². The van der Waals surface area contributed by atoms with Gasteiger partial charge in [0.15, 0.2) is 0 Å². The number of anilines is 1. The zero-order valence-corrected chi connectivity index (χ0v) is 16.5. The molecule has 1 aromatic rings. The molecule has 152 valence electrons. The number of ether oxygens (including phenoxy) is 3. The van der Waals surface area contributed by atoms with Crippen LogP contribution in [0.4, 0.5) is 10.5 Å². The second-order valence-electron chi connectivity index (χ2n) is 5.82. The minimum atomic E-state index is -0.754. The fourth-order valence-electron chi connectivity index (χ4n) is 2.69. The summed E-state index contributed by atoms with van der Waals surface area (Å²) in [7, 11) is 1.37. The van der Waals surface area contributed by atoms with Gasteiger partial charge >= 0.3 is 18.0 Å². The molecule has 28 heavy (non-hydrogen) atoms. The van der Waals surface area contributed by atoms with Crippen LogP contribution in [0.2, 0.25) is 5.02 Å². The number of halogens is 1. The molecule has 0 spiro atoms. The Bertz CT molecular complexity index is 824. The predicted molar refractivity (Wildman–Crippen MR) is 102 cm³/mol. The number of amides is 2. The third kappa shape index (κ3) is 4.66. The summed E-state index contributed by atoms with van der Waals surface area (Å²) >= 11 is 5.97. The maximum absolute atomic E-state index is 12.5. The Morgan fingerprint density at radius 1 is 1.21 bits per heavy atom. The molecule has 1 aliphatic heterocycles. The highest BCUT2D eigenvalue weighted by Gasteiger charge is 2.32. The number of hydrogen-bond acceptors (Lipinski definition) is 7. The zero-order chi connectivity index (χ0) is 20.8. The van der Waals surface area contributed by atoms with Crippen molar-refractivity contribution in [3.8, 4) is 5.75 Å². The summed E-state index contributed by atoms with van der Waals surface area (Å²) in [6.07, 6.45) is 0.459. The average Bonchev–Trinajstić information content (AvgIpc) is 2.67. The number of urea groups is 1. The molecule has 2 rings (SSSR count). The molecule has 0 saturated carbocycles. The summed E-state index contributed by atoms with van der Waals surface area (Å²) in [4.78, 5) is 36.7. The van der Waals surface area contributed by atoms with Crippen LogP contribution in [0.3, 0.4) is 0 Å². The third-order valence-corrected chi connectivity index (χ3v) is 4.36. The van der Waals surface area contributed by atoms with Crippen molar-refractivity contribution in [1.29, 1.82) is 0 Å². The lowest BCUT2D eigenvalue weighted by Gasteiger charge is -2.28. The number of rotatable bonds is 7. The number of carbonyl (C=O) groups is 3. The van der Waals surface area contributed by atoms with E-state index in [-0.39, 0.29) is 46.5 Å². The second kappa shape index (κ2) is 9.32. The Labute approximate surface area is 167 Å². The average molecular weight is 412 g/mol. The normalized spacial score (nSPS) is 16.1. The number of carbonyl (C=O) groups excluding carboxylic acids is 3. The van der Waals surface area contributed by atoms with E-state index < -0.39 is 24.0 Å². The number of benzene rings is 1. The molecule has 0 bridgehead atoms. The summed E-state index contributed by atoms with van der Waals surface area (Å²) in [6, 6.07) is 1.68. The highest BCUT2D eigenvalue weighted by Crippen LogP contribution is 2.29. The van der Waals surface area contributed by atoms with Crippen LogP contribution in [0.1, 0.15) is 30.6 Å². The van der Waals surface area contributed by atoms with Crippen molar-refractivity contribution < 1.29 is 28.6 Å². The molecule has 9 nitrogen and oxygen atoms in total. The number of methoxy groups -OCH3 is 1. The van der Waals surface area contributed by atoms with Crippen molar-refractivity contribution >= 4 is 35.3 Å². The van der Waals surface area contributed by atoms with Gasteiger partial charge in [-0.15, -0.1) is 0 Å². The Hall–Kier alpha value is -2.94. The van der Waals surface area contributed by atoms with Gasteiger partial charge < -0.3 is 30.6 Å². The first kappa shape index (κ1) is 21.4. The topological polar surface area (TPSA) is 129 Å². The van der Waals surface area contributed by atoms with Crippen LogP contribution in [0.5, 0.6) is 5.75 Å². The molecule has 0 saturated heterocycles. The SMILES string of the molecule is CCOC(=O)C1=C(COC(=O)c2cc(Cl)c(N)cc2OC)NC(=O)N[C@@H]1CC. The first-order valence-corrected chi connectivity index (χ1v) is 8.97. The van der Waals surface area contributed by atoms with Crippen LogP contribution in [0, 0.1) is 0 Å². The van der Waals surface area contributed by atoms with E-state index >= 15 is 0 Å². The standard InChI is InChI=1S/C18H22ClN3O6/c1-4-12-15(17(24)27-5-2)13(22-18(25)21-12)8-28-16(23)9-6-10(19)11(20)7-14(9)26-3/h6-7,12H,4-5,8,20H2,1-3H3,(H2,21,22,25)/t12-/m1/s1. The summed E-state index contributed by atoms with van der Waals surface area (Å²) < 4.78 is 15.5. The van der Waals surface area contributed by atoms with Gasteiger partial charge in [0.05, 0.1) is 41.7 Å². The molecule has 0 aliphatic carbocycles. The van der Waals surface area contributed by atoms with Crippen molar-refractivity contribution in [2.24, 2.45) is 0 Å². The van der Waals surface area contributed by atoms with Crippen LogP contribution in [-0.4, -0.2) is 44.3 Å². The molecule has 10 heteroatoms. The molecular formula is C18H22ClN3O6.